The van der Waals surface area contributed by atoms with Gasteiger partial charge in [-0.3, -0.25) is 0 Å². The molecule has 1 atom stereocenters. The summed E-state index contributed by atoms with van der Waals surface area (Å²) in [7, 11) is -2.56. The summed E-state index contributed by atoms with van der Waals surface area (Å²) in [6.45, 7) is 1.63. The lowest BCUT2D eigenvalue weighted by Crippen LogP contribution is -2.37. The van der Waals surface area contributed by atoms with Gasteiger partial charge in [0.25, 0.3) is 0 Å². The third kappa shape index (κ3) is 5.26. The number of aryl methyl sites for hydroxylation is 1. The molecule has 1 aliphatic heterocycles. The molecule has 0 unspecified atom stereocenters. The van der Waals surface area contributed by atoms with Crippen molar-refractivity contribution in [2.45, 2.75) is 30.9 Å². The SMILES string of the molecule is COc1ccc(S(=O)(=O)N(Cc2ccc(F)cc2F)C[C@@H]2CC(c3ccc(C)cc3)=NO2)cc1. The minimum Gasteiger partial charge on any atom is -0.497 e. The molecule has 0 amide bonds. The Bertz CT molecular complexity index is 1290. The number of sulfonamides is 1. The van der Waals surface area contributed by atoms with Crippen LogP contribution in [0.5, 0.6) is 5.75 Å². The van der Waals surface area contributed by atoms with Gasteiger partial charge in [0.1, 0.15) is 23.5 Å². The van der Waals surface area contributed by atoms with E-state index in [-0.39, 0.29) is 23.5 Å². The first kappa shape index (κ1) is 23.8. The average molecular weight is 487 g/mol. The van der Waals surface area contributed by atoms with Crippen LogP contribution in [0.4, 0.5) is 8.78 Å². The lowest BCUT2D eigenvalue weighted by atomic mass is 10.0. The van der Waals surface area contributed by atoms with Gasteiger partial charge < -0.3 is 9.57 Å². The van der Waals surface area contributed by atoms with Crippen molar-refractivity contribution in [3.63, 3.8) is 0 Å². The van der Waals surface area contributed by atoms with Gasteiger partial charge in [-0.2, -0.15) is 4.31 Å². The van der Waals surface area contributed by atoms with Crippen LogP contribution in [-0.2, 0) is 21.4 Å². The van der Waals surface area contributed by atoms with Crippen LogP contribution in [0.3, 0.4) is 0 Å². The fraction of sp³-hybridized carbons (Fsp3) is 0.240. The van der Waals surface area contributed by atoms with Crippen LogP contribution in [0, 0.1) is 18.6 Å². The van der Waals surface area contributed by atoms with Crippen LogP contribution in [0.1, 0.15) is 23.1 Å². The Morgan fingerprint density at radius 2 is 1.76 bits per heavy atom. The zero-order chi connectivity index (χ0) is 24.3. The van der Waals surface area contributed by atoms with E-state index in [4.69, 9.17) is 9.57 Å². The van der Waals surface area contributed by atoms with Crippen LogP contribution >= 0.6 is 0 Å². The van der Waals surface area contributed by atoms with Crippen molar-refractivity contribution in [2.24, 2.45) is 5.16 Å². The predicted molar refractivity (Wildman–Crippen MR) is 124 cm³/mol. The summed E-state index contributed by atoms with van der Waals surface area (Å²) in [5.41, 5.74) is 2.76. The molecular formula is C25H24F2N2O4S. The van der Waals surface area contributed by atoms with Crippen LogP contribution in [0.25, 0.3) is 0 Å². The molecule has 0 N–H and O–H groups in total. The highest BCUT2D eigenvalue weighted by molar-refractivity contribution is 7.89. The number of methoxy groups -OCH3 is 1. The molecule has 3 aromatic carbocycles. The normalized spacial score (nSPS) is 15.8. The van der Waals surface area contributed by atoms with E-state index < -0.39 is 27.8 Å². The topological polar surface area (TPSA) is 68.2 Å². The number of rotatable bonds is 8. The summed E-state index contributed by atoms with van der Waals surface area (Å²) >= 11 is 0. The zero-order valence-electron chi connectivity index (χ0n) is 18.7. The maximum atomic E-state index is 14.4. The summed E-state index contributed by atoms with van der Waals surface area (Å²) in [5, 5.41) is 4.14. The van der Waals surface area contributed by atoms with Crippen LogP contribution in [-0.4, -0.2) is 38.2 Å². The van der Waals surface area contributed by atoms with Crippen molar-refractivity contribution in [2.75, 3.05) is 13.7 Å². The molecule has 0 radical (unpaired) electrons. The Balaban J connectivity index is 1.59. The average Bonchev–Trinajstić information content (AvgIpc) is 3.29. The van der Waals surface area contributed by atoms with E-state index in [1.54, 1.807) is 0 Å². The summed E-state index contributed by atoms with van der Waals surface area (Å²) in [6, 6.07) is 16.8. The zero-order valence-corrected chi connectivity index (χ0v) is 19.6. The summed E-state index contributed by atoms with van der Waals surface area (Å²) < 4.78 is 61.0. The largest absolute Gasteiger partial charge is 0.497 e. The second kappa shape index (κ2) is 9.90. The van der Waals surface area contributed by atoms with Gasteiger partial charge in [0.05, 0.1) is 24.3 Å². The molecule has 6 nitrogen and oxygen atoms in total. The number of hydrogen-bond acceptors (Lipinski definition) is 5. The number of nitrogens with zero attached hydrogens (tertiary/aromatic N) is 2. The third-order valence-electron chi connectivity index (χ3n) is 5.58. The predicted octanol–water partition coefficient (Wildman–Crippen LogP) is 4.67. The Hall–Kier alpha value is -3.30. The highest BCUT2D eigenvalue weighted by Gasteiger charge is 2.32. The third-order valence-corrected chi connectivity index (χ3v) is 7.41. The Morgan fingerprint density at radius 3 is 2.41 bits per heavy atom. The number of oxime groups is 1. The van der Waals surface area contributed by atoms with Gasteiger partial charge in [0.2, 0.25) is 10.0 Å². The summed E-state index contributed by atoms with van der Waals surface area (Å²) in [6.07, 6.45) is -0.170. The van der Waals surface area contributed by atoms with E-state index in [9.17, 15) is 17.2 Å². The molecular weight excluding hydrogens is 462 g/mol. The second-order valence-electron chi connectivity index (χ2n) is 8.04. The number of benzene rings is 3. The highest BCUT2D eigenvalue weighted by atomic mass is 32.2. The molecule has 0 fully saturated rings. The van der Waals surface area contributed by atoms with Crippen LogP contribution < -0.4 is 4.74 Å². The fourth-order valence-corrected chi connectivity index (χ4v) is 5.10. The molecule has 0 bridgehead atoms. The summed E-state index contributed by atoms with van der Waals surface area (Å²) in [4.78, 5) is 5.57. The molecule has 0 spiro atoms. The van der Waals surface area contributed by atoms with Gasteiger partial charge in [-0.15, -0.1) is 0 Å². The van der Waals surface area contributed by atoms with Crippen molar-refractivity contribution in [3.05, 3.63) is 95.1 Å². The maximum absolute atomic E-state index is 14.4. The van der Waals surface area contributed by atoms with Gasteiger partial charge in [-0.05, 0) is 42.8 Å². The first-order chi connectivity index (χ1) is 16.3. The minimum atomic E-state index is -4.04. The molecule has 178 valence electrons. The van der Waals surface area contributed by atoms with Gasteiger partial charge in [0, 0.05) is 24.6 Å². The Kier molecular flexibility index (Phi) is 6.95. The quantitative estimate of drug-likeness (QED) is 0.464. The van der Waals surface area contributed by atoms with Gasteiger partial charge in [0.15, 0.2) is 0 Å². The van der Waals surface area contributed by atoms with Gasteiger partial charge in [-0.1, -0.05) is 41.1 Å². The van der Waals surface area contributed by atoms with Crippen molar-refractivity contribution < 1.29 is 26.8 Å². The van der Waals surface area contributed by atoms with Crippen molar-refractivity contribution in [1.82, 2.24) is 4.31 Å². The summed E-state index contributed by atoms with van der Waals surface area (Å²) in [5.74, 6) is -1.05. The first-order valence-electron chi connectivity index (χ1n) is 10.6. The fourth-order valence-electron chi connectivity index (χ4n) is 3.65. The molecule has 0 saturated carbocycles. The standard InChI is InChI=1S/C25H24F2N2O4S/c1-17-3-5-18(6-4-17)25-14-22(33-28-25)16-29(15-19-7-8-20(26)13-24(19)27)34(30,31)23-11-9-21(32-2)10-12-23/h3-13,22H,14-16H2,1-2H3/t22-/m0/s1. The molecule has 1 heterocycles. The molecule has 3 aromatic rings. The molecule has 9 heteroatoms. The lowest BCUT2D eigenvalue weighted by Gasteiger charge is -2.24. The van der Waals surface area contributed by atoms with Crippen molar-refractivity contribution in [1.29, 1.82) is 0 Å². The van der Waals surface area contributed by atoms with E-state index in [2.05, 4.69) is 5.16 Å². The van der Waals surface area contributed by atoms with Gasteiger partial charge >= 0.3 is 0 Å². The molecule has 0 aromatic heterocycles. The number of halogens is 2. The van der Waals surface area contributed by atoms with E-state index >= 15 is 0 Å². The molecule has 1 aliphatic rings. The highest BCUT2D eigenvalue weighted by Crippen LogP contribution is 2.25. The maximum Gasteiger partial charge on any atom is 0.243 e. The number of hydrogen-bond donors (Lipinski definition) is 0. The molecule has 0 aliphatic carbocycles. The lowest BCUT2D eigenvalue weighted by molar-refractivity contribution is 0.0692. The monoisotopic (exact) mass is 486 g/mol. The molecule has 0 saturated heterocycles. The minimum absolute atomic E-state index is 0.0218. The van der Waals surface area contributed by atoms with Crippen LogP contribution in [0.2, 0.25) is 0 Å². The first-order valence-corrected chi connectivity index (χ1v) is 12.1. The molecule has 34 heavy (non-hydrogen) atoms. The Morgan fingerprint density at radius 1 is 1.06 bits per heavy atom. The number of ether oxygens (including phenoxy) is 1. The van der Waals surface area contributed by atoms with Crippen molar-refractivity contribution in [3.8, 4) is 5.75 Å². The van der Waals surface area contributed by atoms with E-state index in [0.717, 1.165) is 27.6 Å². The van der Waals surface area contributed by atoms with E-state index in [0.29, 0.717) is 17.9 Å². The second-order valence-corrected chi connectivity index (χ2v) is 9.98. The van der Waals surface area contributed by atoms with Gasteiger partial charge in [-0.25, -0.2) is 17.2 Å². The van der Waals surface area contributed by atoms with E-state index in [1.165, 1.54) is 37.4 Å². The Labute approximate surface area is 197 Å². The van der Waals surface area contributed by atoms with E-state index in [1.807, 2.05) is 31.2 Å². The molecule has 4 rings (SSSR count). The van der Waals surface area contributed by atoms with Crippen LogP contribution in [0.15, 0.2) is 76.8 Å². The smallest absolute Gasteiger partial charge is 0.243 e. The van der Waals surface area contributed by atoms with Crippen molar-refractivity contribution >= 4 is 15.7 Å².